The van der Waals surface area contributed by atoms with E-state index >= 15 is 4.79 Å². The number of unbranched alkanes of at least 4 members (excludes halogenated alkanes) is 11. The van der Waals surface area contributed by atoms with Crippen LogP contribution in [-0.2, 0) is 27.5 Å². The molecule has 2 aromatic carbocycles. The minimum absolute atomic E-state index is 0.0272. The van der Waals surface area contributed by atoms with Crippen LogP contribution in [-0.4, -0.2) is 75.8 Å². The molecule has 0 radical (unpaired) electrons. The number of nitrogens with zero attached hydrogens (tertiary/aromatic N) is 3. The number of carbonyl (C=O) groups is 1. The fourth-order valence-electron chi connectivity index (χ4n) is 10.7. The van der Waals surface area contributed by atoms with Crippen LogP contribution in [0.5, 0.6) is 11.5 Å². The number of benzene rings is 2. The number of aliphatic hydroxyl groups is 2. The predicted molar refractivity (Wildman–Crippen MR) is 274 cm³/mol. The number of hydrogen-bond acceptors (Lipinski definition) is 10. The van der Waals surface area contributed by atoms with E-state index in [4.69, 9.17) is 28.9 Å². The number of aryl methyl sites for hydroxylation is 1. The third-order valence-electron chi connectivity index (χ3n) is 14.0. The van der Waals surface area contributed by atoms with Crippen molar-refractivity contribution in [2.75, 3.05) is 26.4 Å². The van der Waals surface area contributed by atoms with Crippen LogP contribution in [0, 0.1) is 30.5 Å². The number of hydrogen-bond donors (Lipinski definition) is 2. The molecule has 1 aromatic heterocycles. The topological polar surface area (TPSA) is 132 Å². The van der Waals surface area contributed by atoms with Crippen molar-refractivity contribution in [1.29, 1.82) is 0 Å². The first-order valence-corrected chi connectivity index (χ1v) is 26.4. The lowest BCUT2D eigenvalue weighted by Gasteiger charge is -2.60. The molecule has 1 fully saturated rings. The lowest BCUT2D eigenvalue weighted by molar-refractivity contribution is -0.256. The van der Waals surface area contributed by atoms with Gasteiger partial charge in [-0.15, -0.1) is 6.58 Å². The van der Waals surface area contributed by atoms with Gasteiger partial charge in [0.15, 0.2) is 0 Å². The predicted octanol–water partition coefficient (Wildman–Crippen LogP) is 13.1. The van der Waals surface area contributed by atoms with Gasteiger partial charge in [-0.25, -0.2) is 9.18 Å². The summed E-state index contributed by atoms with van der Waals surface area (Å²) in [4.78, 5) is 27.7. The Labute approximate surface area is 417 Å². The van der Waals surface area contributed by atoms with Crippen molar-refractivity contribution >= 4 is 11.8 Å². The van der Waals surface area contributed by atoms with Crippen LogP contribution in [0.25, 0.3) is 0 Å². The summed E-state index contributed by atoms with van der Waals surface area (Å²) in [5.74, 6) is -1.26. The zero-order valence-electron chi connectivity index (χ0n) is 42.8. The van der Waals surface area contributed by atoms with Crippen LogP contribution in [0.15, 0.2) is 90.1 Å². The standard InChI is InChI=1S/C58H82FN3O8/c1-7-9-10-11-12-13-14-15-16-21-36-66-56(65)62(40-43-27-29-45(59)30-28-43)53-39-51(61-70-57(4,5)6)49-37-44(24-17-19-33-63)48(26-18-20-34-64)54-50-38-47(67-41-46-25-22-23-42(3)60-46)31-32-52(50)69-58(53,55(49)54)68-35-8-2/h8,22-23,25,27-32,37-38,44,48,53-55,63-64H,2,7,9-21,24,26,33-36,39-41H2,1,3-6H3. The summed E-state index contributed by atoms with van der Waals surface area (Å²) in [6.45, 7) is 15.1. The Balaban J connectivity index is 1.46. The second kappa shape index (κ2) is 27.2. The van der Waals surface area contributed by atoms with Crippen molar-refractivity contribution in [3.8, 4) is 11.5 Å². The number of ether oxygens (including phenoxy) is 4. The number of aliphatic hydroxyl groups excluding tert-OH is 2. The SMILES string of the molecule is C=CCOC12Oc3ccc(OCc4cccc(C)n4)cc3C3C(CCCCO)C(CCCCO)C=C(C(=NOC(C)(C)C)CC1N(Cc1ccc(F)cc1)C(=O)OCCCCCCCCCCCC)C32. The molecule has 11 nitrogen and oxygen atoms in total. The number of aromatic nitrogens is 1. The van der Waals surface area contributed by atoms with Crippen LogP contribution in [0.1, 0.15) is 165 Å². The van der Waals surface area contributed by atoms with E-state index in [2.05, 4.69) is 30.6 Å². The summed E-state index contributed by atoms with van der Waals surface area (Å²) in [6.07, 6.45) is 19.8. The van der Waals surface area contributed by atoms with Crippen LogP contribution in [0.2, 0.25) is 0 Å². The van der Waals surface area contributed by atoms with Crippen molar-refractivity contribution in [3.05, 3.63) is 113 Å². The van der Waals surface area contributed by atoms with E-state index in [9.17, 15) is 14.6 Å². The van der Waals surface area contributed by atoms with E-state index in [-0.39, 0.29) is 69.6 Å². The Morgan fingerprint density at radius 2 is 1.63 bits per heavy atom. The molecular weight excluding hydrogens is 886 g/mol. The van der Waals surface area contributed by atoms with Crippen LogP contribution >= 0.6 is 0 Å². The molecule has 1 saturated carbocycles. The summed E-state index contributed by atoms with van der Waals surface area (Å²) in [7, 11) is 0. The average Bonchev–Trinajstić information content (AvgIpc) is 3.34. The Morgan fingerprint density at radius 3 is 2.30 bits per heavy atom. The average molecular weight is 968 g/mol. The molecule has 2 N–H and O–H groups in total. The zero-order valence-corrected chi connectivity index (χ0v) is 42.8. The number of amides is 1. The molecule has 2 aliphatic carbocycles. The highest BCUT2D eigenvalue weighted by atomic mass is 19.1. The molecule has 12 heteroatoms. The van der Waals surface area contributed by atoms with Gasteiger partial charge in [0.05, 0.1) is 30.5 Å². The van der Waals surface area contributed by atoms with Gasteiger partial charge in [-0.2, -0.15) is 0 Å². The normalized spacial score (nSPS) is 22.1. The van der Waals surface area contributed by atoms with Gasteiger partial charge < -0.3 is 34.0 Å². The molecule has 70 heavy (non-hydrogen) atoms. The summed E-state index contributed by atoms with van der Waals surface area (Å²) >= 11 is 0. The molecule has 6 rings (SSSR count). The number of oxime groups is 1. The van der Waals surface area contributed by atoms with Gasteiger partial charge in [0.25, 0.3) is 0 Å². The van der Waals surface area contributed by atoms with Gasteiger partial charge in [0, 0.05) is 43.4 Å². The highest BCUT2D eigenvalue weighted by molar-refractivity contribution is 6.03. The van der Waals surface area contributed by atoms with Crippen LogP contribution in [0.3, 0.4) is 0 Å². The molecule has 1 aliphatic heterocycles. The van der Waals surface area contributed by atoms with Crippen molar-refractivity contribution in [3.63, 3.8) is 0 Å². The second-order valence-electron chi connectivity index (χ2n) is 20.6. The maximum atomic E-state index is 15.0. The molecule has 0 bridgehead atoms. The van der Waals surface area contributed by atoms with Crippen LogP contribution < -0.4 is 9.47 Å². The Hall–Kier alpha value is -4.78. The third-order valence-corrected chi connectivity index (χ3v) is 14.0. The van der Waals surface area contributed by atoms with Crippen molar-refractivity contribution in [1.82, 2.24) is 9.88 Å². The monoisotopic (exact) mass is 968 g/mol. The Kier molecular flexibility index (Phi) is 21.2. The van der Waals surface area contributed by atoms with E-state index < -0.39 is 29.4 Å². The minimum atomic E-state index is -1.49. The molecule has 0 spiro atoms. The number of fused-ring (bicyclic) bond motifs is 2. The van der Waals surface area contributed by atoms with E-state index in [1.165, 1.54) is 57.1 Å². The first-order chi connectivity index (χ1) is 33.9. The number of pyridine rings is 1. The molecule has 3 aliphatic rings. The molecule has 6 unspecified atom stereocenters. The summed E-state index contributed by atoms with van der Waals surface area (Å²) in [5, 5.41) is 25.0. The van der Waals surface area contributed by atoms with Crippen molar-refractivity contribution in [2.24, 2.45) is 22.9 Å². The smallest absolute Gasteiger partial charge is 0.410 e. The fraction of sp³-hybridized carbons (Fsp3) is 0.603. The van der Waals surface area contributed by atoms with Gasteiger partial charge in [0.1, 0.15) is 35.6 Å². The van der Waals surface area contributed by atoms with Gasteiger partial charge in [-0.3, -0.25) is 9.88 Å². The molecule has 1 amide bonds. The lowest BCUT2D eigenvalue weighted by Crippen LogP contribution is -2.70. The zero-order chi connectivity index (χ0) is 49.9. The summed E-state index contributed by atoms with van der Waals surface area (Å²) < 4.78 is 41.8. The van der Waals surface area contributed by atoms with E-state index in [1.807, 2.05) is 58.0 Å². The number of rotatable bonds is 29. The number of halogens is 1. The molecule has 384 valence electrons. The lowest BCUT2D eigenvalue weighted by atomic mass is 9.55. The summed E-state index contributed by atoms with van der Waals surface area (Å²) in [6, 6.07) is 17.2. The number of allylic oxidation sites excluding steroid dienone is 1. The van der Waals surface area contributed by atoms with Crippen molar-refractivity contribution < 1.29 is 43.2 Å². The highest BCUT2D eigenvalue weighted by Crippen LogP contribution is 2.62. The van der Waals surface area contributed by atoms with Gasteiger partial charge in [-0.1, -0.05) is 113 Å². The maximum absolute atomic E-state index is 15.0. The highest BCUT2D eigenvalue weighted by Gasteiger charge is 2.65. The van der Waals surface area contributed by atoms with Crippen molar-refractivity contribution in [2.45, 2.75) is 180 Å². The molecule has 3 aromatic rings. The van der Waals surface area contributed by atoms with Gasteiger partial charge >= 0.3 is 6.09 Å². The first kappa shape index (κ1) is 54.6. The quantitative estimate of drug-likeness (QED) is 0.0396. The number of carbonyl (C=O) groups excluding carboxylic acids is 1. The fourth-order valence-corrected chi connectivity index (χ4v) is 10.7. The largest absolute Gasteiger partial charge is 0.487 e. The minimum Gasteiger partial charge on any atom is -0.487 e. The maximum Gasteiger partial charge on any atom is 0.410 e. The molecule has 0 saturated heterocycles. The first-order valence-electron chi connectivity index (χ1n) is 26.4. The van der Waals surface area contributed by atoms with Crippen LogP contribution in [0.4, 0.5) is 9.18 Å². The van der Waals surface area contributed by atoms with E-state index in [0.29, 0.717) is 35.6 Å². The van der Waals surface area contributed by atoms with E-state index in [0.717, 1.165) is 67.5 Å². The second-order valence-corrected chi connectivity index (χ2v) is 20.6. The Morgan fingerprint density at radius 1 is 0.929 bits per heavy atom. The Bertz CT molecular complexity index is 2160. The third kappa shape index (κ3) is 14.9. The van der Waals surface area contributed by atoms with Gasteiger partial charge in [-0.05, 0) is 125 Å². The molecule has 6 atom stereocenters. The van der Waals surface area contributed by atoms with E-state index in [1.54, 1.807) is 23.1 Å². The van der Waals surface area contributed by atoms with Gasteiger partial charge in [0.2, 0.25) is 5.79 Å². The molecule has 2 heterocycles. The summed E-state index contributed by atoms with van der Waals surface area (Å²) in [5.41, 5.74) is 4.38. The molecular formula is C58H82FN3O8.